The molecule has 8 nitrogen and oxygen atoms in total. The summed E-state index contributed by atoms with van der Waals surface area (Å²) in [5, 5.41) is 2.98. The third kappa shape index (κ3) is 8.82. The smallest absolute Gasteiger partial charge is 0.244 e. The molecule has 3 rings (SSSR count). The summed E-state index contributed by atoms with van der Waals surface area (Å²) in [5.41, 5.74) is 1.94. The second-order valence-corrected chi connectivity index (χ2v) is 12.3. The highest BCUT2D eigenvalue weighted by molar-refractivity contribution is 9.10. The monoisotopic (exact) mass is 629 g/mol. The van der Waals surface area contributed by atoms with Crippen LogP contribution in [0.25, 0.3) is 0 Å². The number of sulfonamides is 1. The van der Waals surface area contributed by atoms with Crippen LogP contribution >= 0.6 is 15.9 Å². The molecule has 0 aliphatic heterocycles. The minimum atomic E-state index is -3.88. The van der Waals surface area contributed by atoms with Gasteiger partial charge in [0.25, 0.3) is 0 Å². The van der Waals surface area contributed by atoms with Gasteiger partial charge in [-0.2, -0.15) is 0 Å². The van der Waals surface area contributed by atoms with Crippen LogP contribution < -0.4 is 14.4 Å². The Labute approximate surface area is 245 Å². The zero-order chi connectivity index (χ0) is 29.1. The van der Waals surface area contributed by atoms with Crippen molar-refractivity contribution in [2.24, 2.45) is 0 Å². The van der Waals surface area contributed by atoms with Crippen molar-refractivity contribution in [2.75, 3.05) is 30.8 Å². The van der Waals surface area contributed by atoms with Gasteiger partial charge in [0.05, 0.1) is 19.1 Å². The Balaban J connectivity index is 2.05. The molecule has 0 spiro atoms. The lowest BCUT2D eigenvalue weighted by atomic mass is 10.0. The van der Waals surface area contributed by atoms with Crippen LogP contribution in [0.15, 0.2) is 83.3 Å². The highest BCUT2D eigenvalue weighted by Crippen LogP contribution is 2.30. The van der Waals surface area contributed by atoms with Gasteiger partial charge in [-0.15, -0.1) is 0 Å². The number of unbranched alkanes of at least 4 members (excludes halogenated alkanes) is 1. The molecule has 40 heavy (non-hydrogen) atoms. The largest absolute Gasteiger partial charge is 0.495 e. The van der Waals surface area contributed by atoms with Gasteiger partial charge in [-0.1, -0.05) is 83.9 Å². The van der Waals surface area contributed by atoms with Crippen molar-refractivity contribution in [1.29, 1.82) is 0 Å². The third-order valence-corrected chi connectivity index (χ3v) is 8.06. The number of methoxy groups -OCH3 is 1. The number of hydrogen-bond acceptors (Lipinski definition) is 5. The van der Waals surface area contributed by atoms with E-state index in [9.17, 15) is 18.0 Å². The molecule has 10 heteroatoms. The van der Waals surface area contributed by atoms with Crippen LogP contribution in [-0.2, 0) is 32.6 Å². The predicted octanol–water partition coefficient (Wildman–Crippen LogP) is 4.78. The van der Waals surface area contributed by atoms with Gasteiger partial charge in [0, 0.05) is 24.0 Å². The third-order valence-electron chi connectivity index (χ3n) is 6.40. The summed E-state index contributed by atoms with van der Waals surface area (Å²) in [6.45, 7) is 2.14. The van der Waals surface area contributed by atoms with Gasteiger partial charge in [0.2, 0.25) is 21.8 Å². The molecule has 1 N–H and O–H groups in total. The fraction of sp³-hybridized carbons (Fsp3) is 0.333. The average molecular weight is 631 g/mol. The van der Waals surface area contributed by atoms with E-state index in [0.29, 0.717) is 12.3 Å². The topological polar surface area (TPSA) is 96.0 Å². The van der Waals surface area contributed by atoms with Crippen LogP contribution in [0.1, 0.15) is 30.9 Å². The van der Waals surface area contributed by atoms with Crippen LogP contribution in [0.4, 0.5) is 5.69 Å². The van der Waals surface area contributed by atoms with Crippen molar-refractivity contribution < 1.29 is 22.7 Å². The molecule has 0 aliphatic carbocycles. The number of carbonyl (C=O) groups excluding carboxylic acids is 2. The van der Waals surface area contributed by atoms with E-state index in [2.05, 4.69) is 21.2 Å². The number of nitrogens with one attached hydrogen (secondary N) is 1. The molecule has 0 fully saturated rings. The van der Waals surface area contributed by atoms with Gasteiger partial charge in [-0.05, 0) is 41.8 Å². The number of halogens is 1. The lowest BCUT2D eigenvalue weighted by molar-refractivity contribution is -0.140. The van der Waals surface area contributed by atoms with Gasteiger partial charge in [-0.25, -0.2) is 8.42 Å². The molecular formula is C30H36BrN3O5S. The fourth-order valence-corrected chi connectivity index (χ4v) is 5.39. The number of para-hydroxylation sites is 2. The van der Waals surface area contributed by atoms with Crippen LogP contribution in [0.3, 0.4) is 0 Å². The van der Waals surface area contributed by atoms with Gasteiger partial charge < -0.3 is 15.0 Å². The number of anilines is 1. The first-order chi connectivity index (χ1) is 19.1. The van der Waals surface area contributed by atoms with Crippen molar-refractivity contribution in [3.05, 3.63) is 94.5 Å². The lowest BCUT2D eigenvalue weighted by Gasteiger charge is -2.33. The van der Waals surface area contributed by atoms with Crippen LogP contribution in [0, 0.1) is 0 Å². The summed E-state index contributed by atoms with van der Waals surface area (Å²) in [4.78, 5) is 29.2. The molecule has 2 amide bonds. The first kappa shape index (κ1) is 31.2. The van der Waals surface area contributed by atoms with Gasteiger partial charge >= 0.3 is 0 Å². The van der Waals surface area contributed by atoms with E-state index in [-0.39, 0.29) is 24.6 Å². The predicted molar refractivity (Wildman–Crippen MR) is 162 cm³/mol. The van der Waals surface area contributed by atoms with Crippen molar-refractivity contribution in [2.45, 2.75) is 38.8 Å². The zero-order valence-corrected chi connectivity index (χ0v) is 25.4. The number of amides is 2. The fourth-order valence-electron chi connectivity index (χ4n) is 4.28. The van der Waals surface area contributed by atoms with Crippen molar-refractivity contribution >= 4 is 43.5 Å². The molecule has 1 atom stereocenters. The van der Waals surface area contributed by atoms with E-state index in [0.717, 1.165) is 39.0 Å². The first-order valence-corrected chi connectivity index (χ1v) is 15.7. The Bertz CT molecular complexity index is 1370. The molecular weight excluding hydrogens is 594 g/mol. The zero-order valence-electron chi connectivity index (χ0n) is 23.0. The maximum Gasteiger partial charge on any atom is 0.244 e. The number of ether oxygens (including phenoxy) is 1. The Morgan fingerprint density at radius 1 is 0.950 bits per heavy atom. The quantitative estimate of drug-likeness (QED) is 0.259. The molecule has 0 radical (unpaired) electrons. The lowest BCUT2D eigenvalue weighted by Crippen LogP contribution is -2.53. The van der Waals surface area contributed by atoms with E-state index >= 15 is 0 Å². The maximum atomic E-state index is 14.1. The highest BCUT2D eigenvalue weighted by Gasteiger charge is 2.33. The highest BCUT2D eigenvalue weighted by atomic mass is 79.9. The van der Waals surface area contributed by atoms with Crippen LogP contribution in [-0.4, -0.2) is 57.6 Å². The minimum Gasteiger partial charge on any atom is -0.495 e. The van der Waals surface area contributed by atoms with E-state index in [1.54, 1.807) is 24.3 Å². The van der Waals surface area contributed by atoms with E-state index in [1.165, 1.54) is 12.0 Å². The Hall–Kier alpha value is -3.37. The summed E-state index contributed by atoms with van der Waals surface area (Å²) >= 11 is 3.44. The molecule has 214 valence electrons. The molecule has 1 unspecified atom stereocenters. The summed E-state index contributed by atoms with van der Waals surface area (Å²) in [6.07, 6.45) is 3.03. The second-order valence-electron chi connectivity index (χ2n) is 9.44. The molecule has 3 aromatic rings. The molecule has 0 heterocycles. The standard InChI is InChI=1S/C30H36BrN3O5S/c1-4-5-19-32-30(36)27(20-23-11-7-6-8-12-23)33(21-24-15-17-25(31)18-16-24)29(35)22-34(40(3,37)38)26-13-9-10-14-28(26)39-2/h6-18,27H,4-5,19-22H2,1-3H3,(H,32,36). The van der Waals surface area contributed by atoms with E-state index in [4.69, 9.17) is 4.74 Å². The Morgan fingerprint density at radius 3 is 2.23 bits per heavy atom. The van der Waals surface area contributed by atoms with Crippen molar-refractivity contribution in [3.8, 4) is 5.75 Å². The van der Waals surface area contributed by atoms with Crippen molar-refractivity contribution in [3.63, 3.8) is 0 Å². The van der Waals surface area contributed by atoms with E-state index < -0.39 is 28.5 Å². The molecule has 0 aliphatic rings. The summed E-state index contributed by atoms with van der Waals surface area (Å²) in [5.74, 6) is -0.477. The molecule has 0 bridgehead atoms. The maximum absolute atomic E-state index is 14.1. The number of carbonyl (C=O) groups is 2. The minimum absolute atomic E-state index is 0.119. The number of nitrogens with zero attached hydrogens (tertiary/aromatic N) is 2. The van der Waals surface area contributed by atoms with Gasteiger partial charge in [0.1, 0.15) is 18.3 Å². The van der Waals surface area contributed by atoms with Crippen molar-refractivity contribution in [1.82, 2.24) is 10.2 Å². The number of rotatable bonds is 14. The summed E-state index contributed by atoms with van der Waals surface area (Å²) < 4.78 is 33.2. The van der Waals surface area contributed by atoms with Gasteiger partial charge in [0.15, 0.2) is 0 Å². The SMILES string of the molecule is CCCCNC(=O)C(Cc1ccccc1)N(Cc1ccc(Br)cc1)C(=O)CN(c1ccccc1OC)S(C)(=O)=O. The molecule has 3 aromatic carbocycles. The summed E-state index contributed by atoms with van der Waals surface area (Å²) in [7, 11) is -2.44. The molecule has 0 aromatic heterocycles. The first-order valence-electron chi connectivity index (χ1n) is 13.1. The Kier molecular flexibility index (Phi) is 11.6. The Morgan fingerprint density at radius 2 is 1.60 bits per heavy atom. The van der Waals surface area contributed by atoms with E-state index in [1.807, 2.05) is 61.5 Å². The average Bonchev–Trinajstić information content (AvgIpc) is 2.94. The second kappa shape index (κ2) is 14.9. The number of hydrogen-bond donors (Lipinski definition) is 1. The van der Waals surface area contributed by atoms with Crippen LogP contribution in [0.5, 0.6) is 5.75 Å². The number of benzene rings is 3. The summed E-state index contributed by atoms with van der Waals surface area (Å²) in [6, 6.07) is 22.7. The van der Waals surface area contributed by atoms with Crippen LogP contribution in [0.2, 0.25) is 0 Å². The normalized spacial score (nSPS) is 11.9. The molecule has 0 saturated heterocycles. The van der Waals surface area contributed by atoms with Gasteiger partial charge in [-0.3, -0.25) is 13.9 Å². The molecule has 0 saturated carbocycles.